The maximum atomic E-state index is 11.5. The molecular weight excluding hydrogens is 218 g/mol. The third kappa shape index (κ3) is 5.31. The Kier molecular flexibility index (Phi) is 5.42. The summed E-state index contributed by atoms with van der Waals surface area (Å²) < 4.78 is 0. The summed E-state index contributed by atoms with van der Waals surface area (Å²) in [5.41, 5.74) is 0.685. The normalized spacial score (nSPS) is 10.4. The largest absolute Gasteiger partial charge is 0.395 e. The Morgan fingerprint density at radius 1 is 1.47 bits per heavy atom. The number of nitrogens with zero attached hydrogens (tertiary/aromatic N) is 1. The third-order valence-corrected chi connectivity index (χ3v) is 2.06. The lowest BCUT2D eigenvalue weighted by atomic mass is 10.1. The highest BCUT2D eigenvalue weighted by atomic mass is 16.3. The average molecular weight is 237 g/mol. The molecule has 17 heavy (non-hydrogen) atoms. The Morgan fingerprint density at radius 2 is 2.24 bits per heavy atom. The van der Waals surface area contributed by atoms with Crippen LogP contribution in [-0.2, 0) is 4.79 Å². The van der Waals surface area contributed by atoms with E-state index in [1.165, 1.54) is 0 Å². The van der Waals surface area contributed by atoms with Gasteiger partial charge in [-0.25, -0.2) is 4.98 Å². The van der Waals surface area contributed by atoms with Crippen molar-refractivity contribution in [3.63, 3.8) is 0 Å². The topological polar surface area (TPSA) is 74.2 Å². The molecule has 0 atom stereocenters. The van der Waals surface area contributed by atoms with Crippen LogP contribution in [0.5, 0.6) is 0 Å². The van der Waals surface area contributed by atoms with Crippen LogP contribution in [0.4, 0.5) is 11.5 Å². The molecule has 0 radical (unpaired) electrons. The number of nitrogens with one attached hydrogen (secondary N) is 2. The minimum Gasteiger partial charge on any atom is -0.395 e. The van der Waals surface area contributed by atoms with Crippen LogP contribution in [0.1, 0.15) is 20.3 Å². The molecule has 0 aliphatic rings. The van der Waals surface area contributed by atoms with Gasteiger partial charge in [0.2, 0.25) is 5.91 Å². The molecule has 5 nitrogen and oxygen atoms in total. The van der Waals surface area contributed by atoms with E-state index in [9.17, 15) is 4.79 Å². The first kappa shape index (κ1) is 13.4. The fourth-order valence-corrected chi connectivity index (χ4v) is 1.34. The van der Waals surface area contributed by atoms with Crippen LogP contribution in [0.2, 0.25) is 0 Å². The van der Waals surface area contributed by atoms with Crippen molar-refractivity contribution >= 4 is 17.4 Å². The van der Waals surface area contributed by atoms with Crippen LogP contribution < -0.4 is 10.6 Å². The van der Waals surface area contributed by atoms with Gasteiger partial charge in [-0.2, -0.15) is 0 Å². The number of carbonyl (C=O) groups is 1. The van der Waals surface area contributed by atoms with Crippen LogP contribution in [0, 0.1) is 5.92 Å². The Balaban J connectivity index is 2.47. The molecule has 0 aliphatic carbocycles. The smallest absolute Gasteiger partial charge is 0.224 e. The van der Waals surface area contributed by atoms with Gasteiger partial charge in [-0.15, -0.1) is 0 Å². The number of amides is 1. The first-order valence-corrected chi connectivity index (χ1v) is 5.72. The van der Waals surface area contributed by atoms with E-state index in [4.69, 9.17) is 5.11 Å². The van der Waals surface area contributed by atoms with Crippen molar-refractivity contribution in [1.82, 2.24) is 4.98 Å². The van der Waals surface area contributed by atoms with E-state index < -0.39 is 0 Å². The molecule has 1 aromatic rings. The summed E-state index contributed by atoms with van der Waals surface area (Å²) in [5.74, 6) is 1.02. The SMILES string of the molecule is CC(C)CC(=O)Nc1ccc(NCCO)nc1. The van der Waals surface area contributed by atoms with Gasteiger partial charge in [0.1, 0.15) is 5.82 Å². The van der Waals surface area contributed by atoms with E-state index in [1.807, 2.05) is 13.8 Å². The molecule has 0 fully saturated rings. The van der Waals surface area contributed by atoms with Crippen molar-refractivity contribution in [3.05, 3.63) is 18.3 Å². The molecule has 3 N–H and O–H groups in total. The Morgan fingerprint density at radius 3 is 2.76 bits per heavy atom. The second kappa shape index (κ2) is 6.85. The fourth-order valence-electron chi connectivity index (χ4n) is 1.34. The fraction of sp³-hybridized carbons (Fsp3) is 0.500. The highest BCUT2D eigenvalue weighted by Gasteiger charge is 2.05. The summed E-state index contributed by atoms with van der Waals surface area (Å²) in [6.45, 7) is 4.53. The van der Waals surface area contributed by atoms with Crippen LogP contribution in [0.25, 0.3) is 0 Å². The first-order valence-electron chi connectivity index (χ1n) is 5.72. The zero-order valence-electron chi connectivity index (χ0n) is 10.2. The molecular formula is C12H19N3O2. The van der Waals surface area contributed by atoms with Crippen molar-refractivity contribution in [3.8, 4) is 0 Å². The van der Waals surface area contributed by atoms with Gasteiger partial charge < -0.3 is 15.7 Å². The molecule has 1 heterocycles. The molecule has 1 amide bonds. The zero-order chi connectivity index (χ0) is 12.7. The molecule has 0 spiro atoms. The standard InChI is InChI=1S/C12H19N3O2/c1-9(2)7-12(17)15-10-3-4-11(14-8-10)13-5-6-16/h3-4,8-9,16H,5-7H2,1-2H3,(H,13,14)(H,15,17). The number of anilines is 2. The van der Waals surface area contributed by atoms with Crippen molar-refractivity contribution < 1.29 is 9.90 Å². The summed E-state index contributed by atoms with van der Waals surface area (Å²) in [7, 11) is 0. The van der Waals surface area contributed by atoms with E-state index in [2.05, 4.69) is 15.6 Å². The number of carbonyl (C=O) groups excluding carboxylic acids is 1. The minimum absolute atomic E-state index is 0.00197. The number of aromatic nitrogens is 1. The van der Waals surface area contributed by atoms with E-state index in [1.54, 1.807) is 18.3 Å². The molecule has 0 unspecified atom stereocenters. The lowest BCUT2D eigenvalue weighted by Gasteiger charge is -2.08. The number of hydrogen-bond acceptors (Lipinski definition) is 4. The van der Waals surface area contributed by atoms with Crippen LogP contribution in [0.15, 0.2) is 18.3 Å². The van der Waals surface area contributed by atoms with E-state index in [0.29, 0.717) is 30.4 Å². The van der Waals surface area contributed by atoms with Gasteiger partial charge in [0.05, 0.1) is 18.5 Å². The van der Waals surface area contributed by atoms with Crippen LogP contribution in [-0.4, -0.2) is 29.1 Å². The van der Waals surface area contributed by atoms with Gasteiger partial charge >= 0.3 is 0 Å². The van der Waals surface area contributed by atoms with E-state index >= 15 is 0 Å². The monoisotopic (exact) mass is 237 g/mol. The second-order valence-corrected chi connectivity index (χ2v) is 4.23. The van der Waals surface area contributed by atoms with Crippen molar-refractivity contribution in [2.75, 3.05) is 23.8 Å². The average Bonchev–Trinajstić information content (AvgIpc) is 2.27. The molecule has 5 heteroatoms. The highest BCUT2D eigenvalue weighted by molar-refractivity contribution is 5.90. The maximum Gasteiger partial charge on any atom is 0.224 e. The van der Waals surface area contributed by atoms with Crippen molar-refractivity contribution in [1.29, 1.82) is 0 Å². The predicted molar refractivity (Wildman–Crippen MR) is 67.9 cm³/mol. The Bertz CT molecular complexity index is 349. The quantitative estimate of drug-likeness (QED) is 0.700. The molecule has 94 valence electrons. The van der Waals surface area contributed by atoms with Gasteiger partial charge in [-0.3, -0.25) is 4.79 Å². The predicted octanol–water partition coefficient (Wildman–Crippen LogP) is 1.47. The molecule has 0 aliphatic heterocycles. The summed E-state index contributed by atoms with van der Waals surface area (Å²) in [6, 6.07) is 3.55. The molecule has 0 saturated carbocycles. The lowest BCUT2D eigenvalue weighted by Crippen LogP contribution is -2.14. The van der Waals surface area contributed by atoms with Crippen LogP contribution in [0.3, 0.4) is 0 Å². The minimum atomic E-state index is -0.00197. The van der Waals surface area contributed by atoms with Crippen molar-refractivity contribution in [2.45, 2.75) is 20.3 Å². The summed E-state index contributed by atoms with van der Waals surface area (Å²) >= 11 is 0. The lowest BCUT2D eigenvalue weighted by molar-refractivity contribution is -0.116. The van der Waals surface area contributed by atoms with Crippen LogP contribution >= 0.6 is 0 Å². The molecule has 0 saturated heterocycles. The maximum absolute atomic E-state index is 11.5. The van der Waals surface area contributed by atoms with Gasteiger partial charge in [0.15, 0.2) is 0 Å². The molecule has 0 aromatic carbocycles. The van der Waals surface area contributed by atoms with Gasteiger partial charge in [0, 0.05) is 13.0 Å². The Labute approximate surface area is 101 Å². The van der Waals surface area contributed by atoms with E-state index in [0.717, 1.165) is 0 Å². The van der Waals surface area contributed by atoms with Gasteiger partial charge in [0.25, 0.3) is 0 Å². The number of rotatable bonds is 6. The number of pyridine rings is 1. The molecule has 1 aromatic heterocycles. The first-order chi connectivity index (χ1) is 8.11. The second-order valence-electron chi connectivity index (χ2n) is 4.23. The van der Waals surface area contributed by atoms with Gasteiger partial charge in [-0.05, 0) is 18.1 Å². The number of aliphatic hydroxyl groups is 1. The van der Waals surface area contributed by atoms with Crippen molar-refractivity contribution in [2.24, 2.45) is 5.92 Å². The summed E-state index contributed by atoms with van der Waals surface area (Å²) in [4.78, 5) is 15.6. The summed E-state index contributed by atoms with van der Waals surface area (Å²) in [6.07, 6.45) is 2.10. The number of aliphatic hydroxyl groups excluding tert-OH is 1. The number of hydrogen-bond donors (Lipinski definition) is 3. The highest BCUT2D eigenvalue weighted by Crippen LogP contribution is 2.10. The molecule has 0 bridgehead atoms. The third-order valence-electron chi connectivity index (χ3n) is 2.06. The molecule has 1 rings (SSSR count). The van der Waals surface area contributed by atoms with Gasteiger partial charge in [-0.1, -0.05) is 13.8 Å². The summed E-state index contributed by atoms with van der Waals surface area (Å²) in [5, 5.41) is 14.3. The zero-order valence-corrected chi connectivity index (χ0v) is 10.2. The Hall–Kier alpha value is -1.62. The van der Waals surface area contributed by atoms with E-state index in [-0.39, 0.29) is 12.5 Å².